The molecule has 2 N–H and O–H groups in total. The number of hydrogen-bond donors (Lipinski definition) is 1. The monoisotopic (exact) mass is 424 g/mol. The van der Waals surface area contributed by atoms with Crippen LogP contribution in [0.1, 0.15) is 43.7 Å². The van der Waals surface area contributed by atoms with Gasteiger partial charge in [0, 0.05) is 23.3 Å². The number of hydrogen-bond acceptors (Lipinski definition) is 6. The predicted molar refractivity (Wildman–Crippen MR) is 123 cm³/mol. The molecule has 0 saturated heterocycles. The number of benzene rings is 2. The lowest BCUT2D eigenvalue weighted by Gasteiger charge is -2.45. The molecule has 5 rings (SSSR count). The molecule has 6 heteroatoms. The molecule has 0 spiro atoms. The van der Waals surface area contributed by atoms with Crippen molar-refractivity contribution in [3.05, 3.63) is 82.3 Å². The molecule has 0 unspecified atom stereocenters. The second kappa shape index (κ2) is 7.10. The molecular weight excluding hydrogens is 400 g/mol. The van der Waals surface area contributed by atoms with Crippen molar-refractivity contribution in [2.45, 2.75) is 32.6 Å². The first-order chi connectivity index (χ1) is 15.3. The van der Waals surface area contributed by atoms with Gasteiger partial charge < -0.3 is 10.5 Å². The quantitative estimate of drug-likeness (QED) is 0.772. The Hall–Kier alpha value is -3.85. The van der Waals surface area contributed by atoms with Gasteiger partial charge in [0.25, 0.3) is 0 Å². The first kappa shape index (κ1) is 20.1. The molecule has 0 saturated carbocycles. The van der Waals surface area contributed by atoms with Crippen molar-refractivity contribution >= 4 is 17.3 Å². The molecular formula is C26H24N4O2. The number of carbonyl (C=O) groups excluding carboxylic acids is 1. The van der Waals surface area contributed by atoms with Crippen LogP contribution in [0.3, 0.4) is 0 Å². The highest BCUT2D eigenvalue weighted by atomic mass is 16.5. The molecule has 2 aromatic rings. The summed E-state index contributed by atoms with van der Waals surface area (Å²) in [6.45, 7) is 4.21. The largest absolute Gasteiger partial charge is 0.497 e. The SMILES string of the molecule is COc1ccc([C@H]2C(C#N)=C3N=C(N)c4ccccc4N3C3=C2C(=O)CC(C)(C)C3)cc1. The topological polar surface area (TPSA) is 91.7 Å². The van der Waals surface area contributed by atoms with Crippen molar-refractivity contribution in [2.24, 2.45) is 16.1 Å². The number of ether oxygens (including phenoxy) is 1. The zero-order valence-electron chi connectivity index (χ0n) is 18.3. The van der Waals surface area contributed by atoms with E-state index in [-0.39, 0.29) is 11.2 Å². The van der Waals surface area contributed by atoms with Crippen molar-refractivity contribution < 1.29 is 9.53 Å². The van der Waals surface area contributed by atoms with E-state index in [1.165, 1.54) is 0 Å². The summed E-state index contributed by atoms with van der Waals surface area (Å²) in [6.07, 6.45) is 1.14. The molecule has 0 aromatic heterocycles. The normalized spacial score (nSPS) is 21.3. The number of anilines is 1. The number of fused-ring (bicyclic) bond motifs is 4. The van der Waals surface area contributed by atoms with Crippen LogP contribution in [0.4, 0.5) is 5.69 Å². The Bertz CT molecular complexity index is 1280. The molecule has 0 bridgehead atoms. The van der Waals surface area contributed by atoms with Crippen LogP contribution in [0.2, 0.25) is 0 Å². The molecule has 0 fully saturated rings. The van der Waals surface area contributed by atoms with Crippen LogP contribution in [-0.2, 0) is 4.79 Å². The van der Waals surface area contributed by atoms with E-state index in [1.54, 1.807) is 7.11 Å². The minimum absolute atomic E-state index is 0.0730. The van der Waals surface area contributed by atoms with E-state index < -0.39 is 5.92 Å². The maximum absolute atomic E-state index is 13.6. The molecule has 6 nitrogen and oxygen atoms in total. The molecule has 160 valence electrons. The van der Waals surface area contributed by atoms with Gasteiger partial charge in [0.1, 0.15) is 11.6 Å². The Balaban J connectivity index is 1.82. The van der Waals surface area contributed by atoms with Crippen molar-refractivity contribution in [1.82, 2.24) is 0 Å². The second-order valence-electron chi connectivity index (χ2n) is 9.21. The number of ketones is 1. The van der Waals surface area contributed by atoms with E-state index >= 15 is 0 Å². The number of amidine groups is 1. The summed E-state index contributed by atoms with van der Waals surface area (Å²) in [7, 11) is 1.61. The molecule has 2 aromatic carbocycles. The third-order valence-electron chi connectivity index (χ3n) is 6.41. The summed E-state index contributed by atoms with van der Waals surface area (Å²) >= 11 is 0. The molecule has 0 amide bonds. The lowest BCUT2D eigenvalue weighted by Crippen LogP contribution is -2.42. The Morgan fingerprint density at radius 1 is 1.16 bits per heavy atom. The minimum atomic E-state index is -0.488. The maximum Gasteiger partial charge on any atom is 0.162 e. The summed E-state index contributed by atoms with van der Waals surface area (Å²) in [4.78, 5) is 20.2. The Morgan fingerprint density at radius 3 is 2.56 bits per heavy atom. The third-order valence-corrected chi connectivity index (χ3v) is 6.41. The number of nitrogens with two attached hydrogens (primary N) is 1. The summed E-state index contributed by atoms with van der Waals surface area (Å²) in [5.74, 6) is 1.19. The van der Waals surface area contributed by atoms with Crippen LogP contribution in [0, 0.1) is 16.7 Å². The lowest BCUT2D eigenvalue weighted by atomic mass is 9.68. The average molecular weight is 425 g/mol. The number of allylic oxidation sites excluding steroid dienone is 3. The van der Waals surface area contributed by atoms with Gasteiger partial charge in [-0.3, -0.25) is 9.69 Å². The van der Waals surface area contributed by atoms with E-state index in [0.29, 0.717) is 35.6 Å². The molecule has 32 heavy (non-hydrogen) atoms. The maximum atomic E-state index is 13.6. The van der Waals surface area contributed by atoms with Gasteiger partial charge in [-0.05, 0) is 41.7 Å². The van der Waals surface area contributed by atoms with E-state index in [2.05, 4.69) is 24.9 Å². The molecule has 2 heterocycles. The van der Waals surface area contributed by atoms with Gasteiger partial charge in [0.05, 0.1) is 30.4 Å². The fraction of sp³-hybridized carbons (Fsp3) is 0.269. The van der Waals surface area contributed by atoms with Crippen LogP contribution in [-0.4, -0.2) is 18.7 Å². The van der Waals surface area contributed by atoms with Gasteiger partial charge in [-0.25, -0.2) is 4.99 Å². The fourth-order valence-corrected chi connectivity index (χ4v) is 5.02. The first-order valence-corrected chi connectivity index (χ1v) is 10.6. The standard InChI is InChI=1S/C26H24N4O2/c1-26(2)12-20-23(21(31)13-26)22(15-8-10-16(32-3)11-9-15)18(14-27)25-29-24(28)17-6-4-5-7-19(17)30(20)25/h4-11,22H,12-13H2,1-3H3,(H2,28,29)/t22-/m0/s1. The van der Waals surface area contributed by atoms with E-state index in [4.69, 9.17) is 10.5 Å². The van der Waals surface area contributed by atoms with Crippen molar-refractivity contribution in [3.8, 4) is 11.8 Å². The van der Waals surface area contributed by atoms with E-state index in [0.717, 1.165) is 28.3 Å². The van der Waals surface area contributed by atoms with E-state index in [1.807, 2.05) is 53.4 Å². The van der Waals surface area contributed by atoms with Gasteiger partial charge in [-0.2, -0.15) is 5.26 Å². The highest BCUT2D eigenvalue weighted by Crippen LogP contribution is 2.52. The second-order valence-corrected chi connectivity index (χ2v) is 9.21. The number of carbonyl (C=O) groups is 1. The Kier molecular flexibility index (Phi) is 4.45. The number of methoxy groups -OCH3 is 1. The average Bonchev–Trinajstić information content (AvgIpc) is 2.77. The summed E-state index contributed by atoms with van der Waals surface area (Å²) in [5, 5.41) is 10.3. The Morgan fingerprint density at radius 2 is 1.88 bits per heavy atom. The van der Waals surface area contributed by atoms with Gasteiger partial charge in [-0.1, -0.05) is 38.1 Å². The van der Waals surface area contributed by atoms with Crippen LogP contribution in [0.15, 0.2) is 76.2 Å². The van der Waals surface area contributed by atoms with Gasteiger partial charge in [0.2, 0.25) is 0 Å². The minimum Gasteiger partial charge on any atom is -0.497 e. The first-order valence-electron chi connectivity index (χ1n) is 10.6. The molecule has 1 aliphatic carbocycles. The smallest absolute Gasteiger partial charge is 0.162 e. The molecule has 3 aliphatic rings. The summed E-state index contributed by atoms with van der Waals surface area (Å²) < 4.78 is 5.30. The Labute approximate surface area is 187 Å². The number of aliphatic imine (C=N–C) groups is 1. The number of nitrogens with zero attached hydrogens (tertiary/aromatic N) is 3. The van der Waals surface area contributed by atoms with Crippen molar-refractivity contribution in [2.75, 3.05) is 12.0 Å². The zero-order chi connectivity index (χ0) is 22.6. The number of Topliss-reactive ketones (excluding diaryl/α,β-unsaturated/α-hetero) is 1. The van der Waals surface area contributed by atoms with Crippen LogP contribution >= 0.6 is 0 Å². The van der Waals surface area contributed by atoms with Crippen LogP contribution in [0.25, 0.3) is 0 Å². The highest BCUT2D eigenvalue weighted by Gasteiger charge is 2.46. The van der Waals surface area contributed by atoms with Gasteiger partial charge >= 0.3 is 0 Å². The van der Waals surface area contributed by atoms with Crippen LogP contribution < -0.4 is 15.4 Å². The molecule has 1 atom stereocenters. The highest BCUT2D eigenvalue weighted by molar-refractivity contribution is 6.08. The number of rotatable bonds is 2. The third kappa shape index (κ3) is 2.93. The van der Waals surface area contributed by atoms with Crippen LogP contribution in [0.5, 0.6) is 5.75 Å². The van der Waals surface area contributed by atoms with Crippen molar-refractivity contribution in [3.63, 3.8) is 0 Å². The van der Waals surface area contributed by atoms with Crippen molar-refractivity contribution in [1.29, 1.82) is 5.26 Å². The predicted octanol–water partition coefficient (Wildman–Crippen LogP) is 4.40. The van der Waals surface area contributed by atoms with Gasteiger partial charge in [0.15, 0.2) is 11.6 Å². The summed E-state index contributed by atoms with van der Waals surface area (Å²) in [5.41, 5.74) is 10.7. The summed E-state index contributed by atoms with van der Waals surface area (Å²) in [6, 6.07) is 17.6. The van der Waals surface area contributed by atoms with E-state index in [9.17, 15) is 10.1 Å². The number of para-hydroxylation sites is 1. The lowest BCUT2D eigenvalue weighted by molar-refractivity contribution is -0.118. The number of nitriles is 1. The molecule has 0 radical (unpaired) electrons. The zero-order valence-corrected chi connectivity index (χ0v) is 18.3. The van der Waals surface area contributed by atoms with Gasteiger partial charge in [-0.15, -0.1) is 0 Å². The molecule has 2 aliphatic heterocycles. The fourth-order valence-electron chi connectivity index (χ4n) is 5.02.